The maximum absolute atomic E-state index is 11.5. The maximum atomic E-state index is 11.5. The van der Waals surface area contributed by atoms with Crippen molar-refractivity contribution in [1.82, 2.24) is 0 Å². The Morgan fingerprint density at radius 3 is 1.71 bits per heavy atom. The van der Waals surface area contributed by atoms with Crippen LogP contribution in [0.1, 0.15) is 104 Å². The molecule has 0 fully saturated rings. The summed E-state index contributed by atoms with van der Waals surface area (Å²) in [7, 11) is 0. The highest BCUT2D eigenvalue weighted by Gasteiger charge is 2.25. The summed E-state index contributed by atoms with van der Waals surface area (Å²) in [5.41, 5.74) is -1.24. The molecule has 0 amide bonds. The van der Waals surface area contributed by atoms with Crippen molar-refractivity contribution in [2.45, 2.75) is 116 Å². The Bertz CT molecular complexity index is 297. The van der Waals surface area contributed by atoms with Gasteiger partial charge in [0.05, 0.1) is 5.60 Å². The highest BCUT2D eigenvalue weighted by atomic mass is 16.5. The number of aliphatic hydroxyl groups is 2. The minimum absolute atomic E-state index is 0.138. The van der Waals surface area contributed by atoms with E-state index in [9.17, 15) is 15.0 Å². The molecule has 0 aliphatic heterocycles. The molecule has 4 heteroatoms. The molecule has 0 radical (unpaired) electrons. The van der Waals surface area contributed by atoms with Crippen molar-refractivity contribution >= 4 is 5.97 Å². The molecule has 0 saturated carbocycles. The van der Waals surface area contributed by atoms with Crippen LogP contribution in [-0.2, 0) is 9.53 Å². The largest absolute Gasteiger partial charge is 0.463 e. The number of ether oxygens (including phenoxy) is 1. The quantitative estimate of drug-likeness (QED) is 0.313. The second-order valence-electron chi connectivity index (χ2n) is 7.49. The number of hydrogen-bond donors (Lipinski definition) is 2. The van der Waals surface area contributed by atoms with E-state index in [4.69, 9.17) is 4.74 Å². The molecule has 0 aromatic rings. The van der Waals surface area contributed by atoms with Crippen LogP contribution in [0.4, 0.5) is 0 Å². The first kappa shape index (κ1) is 23.4. The monoisotopic (exact) mass is 344 g/mol. The van der Waals surface area contributed by atoms with Gasteiger partial charge in [0.15, 0.2) is 0 Å². The number of carbonyl (C=O) groups is 1. The van der Waals surface area contributed by atoms with E-state index in [-0.39, 0.29) is 12.6 Å². The molecule has 2 N–H and O–H groups in total. The smallest absolute Gasteiger partial charge is 0.305 e. The summed E-state index contributed by atoms with van der Waals surface area (Å²) >= 11 is 0. The number of rotatable bonds is 16. The van der Waals surface area contributed by atoms with Gasteiger partial charge in [-0.05, 0) is 20.3 Å². The lowest BCUT2D eigenvalue weighted by molar-refractivity contribution is -0.152. The molecule has 24 heavy (non-hydrogen) atoms. The fourth-order valence-electron chi connectivity index (χ4n) is 2.56. The number of unbranched alkanes of at least 4 members (excludes halogenated alkanes) is 11. The molecular weight excluding hydrogens is 304 g/mol. The molecule has 0 spiro atoms. The van der Waals surface area contributed by atoms with Gasteiger partial charge < -0.3 is 14.9 Å². The van der Waals surface area contributed by atoms with Crippen molar-refractivity contribution in [1.29, 1.82) is 0 Å². The first-order chi connectivity index (χ1) is 11.4. The van der Waals surface area contributed by atoms with Crippen LogP contribution in [0.3, 0.4) is 0 Å². The van der Waals surface area contributed by atoms with Crippen molar-refractivity contribution in [2.75, 3.05) is 6.61 Å². The summed E-state index contributed by atoms with van der Waals surface area (Å²) in [4.78, 5) is 11.5. The van der Waals surface area contributed by atoms with Crippen molar-refractivity contribution in [3.8, 4) is 0 Å². The highest BCUT2D eigenvalue weighted by molar-refractivity contribution is 5.69. The minimum atomic E-state index is -1.24. The summed E-state index contributed by atoms with van der Waals surface area (Å²) in [5, 5.41) is 19.1. The van der Waals surface area contributed by atoms with Crippen molar-refractivity contribution in [3.05, 3.63) is 0 Å². The zero-order valence-corrected chi connectivity index (χ0v) is 16.2. The van der Waals surface area contributed by atoms with Crippen LogP contribution in [0.25, 0.3) is 0 Å². The molecule has 0 aromatic heterocycles. The zero-order chi connectivity index (χ0) is 18.3. The summed E-state index contributed by atoms with van der Waals surface area (Å²) in [5.74, 6) is -0.287. The molecule has 0 aromatic carbocycles. The normalized spacial score (nSPS) is 13.0. The molecule has 0 bridgehead atoms. The van der Waals surface area contributed by atoms with E-state index in [1.807, 2.05) is 0 Å². The lowest BCUT2D eigenvalue weighted by atomic mass is 10.0. The van der Waals surface area contributed by atoms with Crippen molar-refractivity contribution in [3.63, 3.8) is 0 Å². The predicted molar refractivity (Wildman–Crippen MR) is 99.0 cm³/mol. The van der Waals surface area contributed by atoms with Gasteiger partial charge in [-0.3, -0.25) is 4.79 Å². The van der Waals surface area contributed by atoms with E-state index >= 15 is 0 Å². The van der Waals surface area contributed by atoms with Crippen LogP contribution >= 0.6 is 0 Å². The Morgan fingerprint density at radius 1 is 0.875 bits per heavy atom. The number of esters is 1. The average Bonchev–Trinajstić information content (AvgIpc) is 2.52. The summed E-state index contributed by atoms with van der Waals surface area (Å²) in [6.07, 6.45) is 14.5. The van der Waals surface area contributed by atoms with Gasteiger partial charge in [-0.1, -0.05) is 77.6 Å². The van der Waals surface area contributed by atoms with Crippen LogP contribution < -0.4 is 0 Å². The molecule has 144 valence electrons. The minimum Gasteiger partial charge on any atom is -0.463 e. The molecule has 0 rings (SSSR count). The van der Waals surface area contributed by atoms with Gasteiger partial charge >= 0.3 is 5.97 Å². The van der Waals surface area contributed by atoms with E-state index in [1.165, 1.54) is 78.1 Å². The second-order valence-corrected chi connectivity index (χ2v) is 7.49. The molecule has 4 nitrogen and oxygen atoms in total. The maximum Gasteiger partial charge on any atom is 0.305 e. The van der Waals surface area contributed by atoms with Crippen molar-refractivity contribution < 1.29 is 19.7 Å². The van der Waals surface area contributed by atoms with E-state index in [2.05, 4.69) is 6.92 Å². The van der Waals surface area contributed by atoms with Crippen molar-refractivity contribution in [2.24, 2.45) is 0 Å². The Balaban J connectivity index is 3.31. The second kappa shape index (κ2) is 14.7. The lowest BCUT2D eigenvalue weighted by Gasteiger charge is -2.23. The summed E-state index contributed by atoms with van der Waals surface area (Å²) in [6.45, 7) is 5.10. The Labute approximate surface area is 149 Å². The zero-order valence-electron chi connectivity index (χ0n) is 16.2. The predicted octanol–water partition coefficient (Wildman–Crippen LogP) is 4.75. The number of carbonyl (C=O) groups excluding carboxylic acids is 1. The summed E-state index contributed by atoms with van der Waals surface area (Å²) < 4.78 is 4.98. The topological polar surface area (TPSA) is 66.8 Å². The molecule has 1 unspecified atom stereocenters. The molecular formula is C20H40O4. The first-order valence-electron chi connectivity index (χ1n) is 9.94. The van der Waals surface area contributed by atoms with E-state index in [1.54, 1.807) is 0 Å². The standard InChI is InChI=1S/C20H40O4/c1-4-5-6-7-8-9-10-11-12-13-14-15-16-19(22)24-17-18(21)20(2,3)23/h18,21,23H,4-17H2,1-3H3. The van der Waals surface area contributed by atoms with Gasteiger partial charge in [0.1, 0.15) is 12.7 Å². The third-order valence-corrected chi connectivity index (χ3v) is 4.45. The van der Waals surface area contributed by atoms with E-state index in [0.29, 0.717) is 6.42 Å². The van der Waals surface area contributed by atoms with Gasteiger partial charge in [-0.2, -0.15) is 0 Å². The fraction of sp³-hybridized carbons (Fsp3) is 0.950. The number of hydrogen-bond acceptors (Lipinski definition) is 4. The van der Waals surface area contributed by atoms with Gasteiger partial charge in [0, 0.05) is 6.42 Å². The first-order valence-corrected chi connectivity index (χ1v) is 9.94. The highest BCUT2D eigenvalue weighted by Crippen LogP contribution is 2.13. The SMILES string of the molecule is CCCCCCCCCCCCCCC(=O)OCC(O)C(C)(C)O. The third-order valence-electron chi connectivity index (χ3n) is 4.45. The molecule has 0 aliphatic rings. The number of aliphatic hydroxyl groups excluding tert-OH is 1. The fourth-order valence-corrected chi connectivity index (χ4v) is 2.56. The van der Waals surface area contributed by atoms with Crippen LogP contribution in [-0.4, -0.2) is 34.5 Å². The van der Waals surface area contributed by atoms with Crippen LogP contribution in [0.15, 0.2) is 0 Å². The van der Waals surface area contributed by atoms with E-state index in [0.717, 1.165) is 12.8 Å². The molecule has 0 aliphatic carbocycles. The molecule has 0 heterocycles. The van der Waals surface area contributed by atoms with Crippen LogP contribution in [0.5, 0.6) is 0 Å². The van der Waals surface area contributed by atoms with Gasteiger partial charge in [-0.15, -0.1) is 0 Å². The lowest BCUT2D eigenvalue weighted by Crippen LogP contribution is -2.39. The van der Waals surface area contributed by atoms with E-state index < -0.39 is 11.7 Å². The Hall–Kier alpha value is -0.610. The Morgan fingerprint density at radius 2 is 1.29 bits per heavy atom. The van der Waals surface area contributed by atoms with Crippen LogP contribution in [0.2, 0.25) is 0 Å². The molecule has 0 saturated heterocycles. The Kier molecular flexibility index (Phi) is 14.3. The third kappa shape index (κ3) is 14.9. The molecule has 1 atom stereocenters. The van der Waals surface area contributed by atoms with Gasteiger partial charge in [0.2, 0.25) is 0 Å². The summed E-state index contributed by atoms with van der Waals surface area (Å²) in [6, 6.07) is 0. The van der Waals surface area contributed by atoms with Gasteiger partial charge in [0.25, 0.3) is 0 Å². The van der Waals surface area contributed by atoms with Crippen LogP contribution in [0, 0.1) is 0 Å². The average molecular weight is 345 g/mol. The van der Waals surface area contributed by atoms with Gasteiger partial charge in [-0.25, -0.2) is 0 Å².